The number of hydrogen-bond acceptors (Lipinski definition) is 2. The molecule has 2 N–H and O–H groups in total. The standard InChI is InChI=1S/C22H16Cl2FN3O/c23-16-2-1-3-17(24)20(16)21-27-18-9-6-14(12-19(18)28-21)22(29)26-11-10-13-4-7-15(25)8-5-13/h1-9,12H,10-11H2,(H,26,29)(H,27,28). The van der Waals surface area contributed by atoms with Crippen LogP contribution in [0.4, 0.5) is 4.39 Å². The molecule has 0 aliphatic rings. The Hall–Kier alpha value is -2.89. The van der Waals surface area contributed by atoms with E-state index in [9.17, 15) is 9.18 Å². The zero-order chi connectivity index (χ0) is 20.4. The molecule has 0 aliphatic carbocycles. The number of carbonyl (C=O) groups excluding carboxylic acids is 1. The van der Waals surface area contributed by atoms with Crippen molar-refractivity contribution in [1.29, 1.82) is 0 Å². The Balaban J connectivity index is 1.49. The lowest BCUT2D eigenvalue weighted by atomic mass is 10.1. The second-order valence-electron chi connectivity index (χ2n) is 6.55. The molecule has 0 fully saturated rings. The normalized spacial score (nSPS) is 11.0. The first-order chi connectivity index (χ1) is 14.0. The van der Waals surface area contributed by atoms with Crippen LogP contribution >= 0.6 is 23.2 Å². The number of aromatic amines is 1. The lowest BCUT2D eigenvalue weighted by molar-refractivity contribution is 0.0954. The molecule has 0 unspecified atom stereocenters. The Bertz CT molecular complexity index is 1170. The summed E-state index contributed by atoms with van der Waals surface area (Å²) >= 11 is 12.5. The fraction of sp³-hybridized carbons (Fsp3) is 0.0909. The van der Waals surface area contributed by atoms with Gasteiger partial charge in [0.1, 0.15) is 11.6 Å². The predicted octanol–water partition coefficient (Wildman–Crippen LogP) is 5.65. The van der Waals surface area contributed by atoms with E-state index in [1.54, 1.807) is 48.5 Å². The molecule has 0 saturated carbocycles. The number of nitrogens with one attached hydrogen (secondary N) is 2. The molecule has 1 heterocycles. The van der Waals surface area contributed by atoms with Gasteiger partial charge in [0, 0.05) is 12.1 Å². The van der Waals surface area contributed by atoms with Gasteiger partial charge in [0.2, 0.25) is 0 Å². The number of fused-ring (bicyclic) bond motifs is 1. The van der Waals surface area contributed by atoms with E-state index in [2.05, 4.69) is 15.3 Å². The highest BCUT2D eigenvalue weighted by atomic mass is 35.5. The molecule has 0 spiro atoms. The number of carbonyl (C=O) groups is 1. The number of aromatic nitrogens is 2. The first-order valence-corrected chi connectivity index (χ1v) is 9.73. The number of H-pyrrole nitrogens is 1. The van der Waals surface area contributed by atoms with E-state index in [0.717, 1.165) is 5.56 Å². The van der Waals surface area contributed by atoms with Crippen molar-refractivity contribution in [3.63, 3.8) is 0 Å². The van der Waals surface area contributed by atoms with Gasteiger partial charge in [-0.25, -0.2) is 9.37 Å². The average molecular weight is 428 g/mol. The Morgan fingerprint density at radius 3 is 2.48 bits per heavy atom. The van der Waals surface area contributed by atoms with Crippen LogP contribution in [0.2, 0.25) is 10.0 Å². The van der Waals surface area contributed by atoms with Crippen LogP contribution in [0, 0.1) is 5.82 Å². The van der Waals surface area contributed by atoms with Gasteiger partial charge in [-0.15, -0.1) is 0 Å². The van der Waals surface area contributed by atoms with Crippen LogP contribution < -0.4 is 5.32 Å². The fourth-order valence-corrected chi connectivity index (χ4v) is 3.64. The first kappa shape index (κ1) is 19.4. The number of halogens is 3. The average Bonchev–Trinajstić information content (AvgIpc) is 3.12. The van der Waals surface area contributed by atoms with E-state index in [4.69, 9.17) is 23.2 Å². The van der Waals surface area contributed by atoms with Crippen LogP contribution in [-0.2, 0) is 6.42 Å². The van der Waals surface area contributed by atoms with Gasteiger partial charge in [0.25, 0.3) is 5.91 Å². The zero-order valence-electron chi connectivity index (χ0n) is 15.2. The minimum Gasteiger partial charge on any atom is -0.352 e. The second kappa shape index (κ2) is 8.23. The molecule has 1 amide bonds. The summed E-state index contributed by atoms with van der Waals surface area (Å²) in [5.41, 5.74) is 3.51. The van der Waals surface area contributed by atoms with Crippen LogP contribution in [0.15, 0.2) is 60.7 Å². The fourth-order valence-electron chi connectivity index (χ4n) is 3.07. The molecule has 3 aromatic carbocycles. The Kier molecular flexibility index (Phi) is 5.51. The Morgan fingerprint density at radius 1 is 1.03 bits per heavy atom. The van der Waals surface area contributed by atoms with E-state index in [0.29, 0.717) is 51.0 Å². The van der Waals surface area contributed by atoms with E-state index in [1.807, 2.05) is 0 Å². The summed E-state index contributed by atoms with van der Waals surface area (Å²) < 4.78 is 12.9. The molecular formula is C22H16Cl2FN3O. The molecule has 4 aromatic rings. The summed E-state index contributed by atoms with van der Waals surface area (Å²) in [5.74, 6) is 0.0773. The molecule has 0 radical (unpaired) electrons. The maximum Gasteiger partial charge on any atom is 0.251 e. The van der Waals surface area contributed by atoms with Gasteiger partial charge in [-0.1, -0.05) is 41.4 Å². The largest absolute Gasteiger partial charge is 0.352 e. The Morgan fingerprint density at radius 2 is 1.76 bits per heavy atom. The molecule has 146 valence electrons. The van der Waals surface area contributed by atoms with Crippen molar-refractivity contribution >= 4 is 40.1 Å². The molecule has 0 bridgehead atoms. The predicted molar refractivity (Wildman–Crippen MR) is 114 cm³/mol. The van der Waals surface area contributed by atoms with E-state index >= 15 is 0 Å². The van der Waals surface area contributed by atoms with Gasteiger partial charge in [-0.05, 0) is 54.4 Å². The summed E-state index contributed by atoms with van der Waals surface area (Å²) in [6.07, 6.45) is 0.619. The summed E-state index contributed by atoms with van der Waals surface area (Å²) in [6, 6.07) is 16.7. The van der Waals surface area contributed by atoms with Crippen molar-refractivity contribution < 1.29 is 9.18 Å². The molecule has 29 heavy (non-hydrogen) atoms. The number of amides is 1. The summed E-state index contributed by atoms with van der Waals surface area (Å²) in [6.45, 7) is 0.450. The smallest absolute Gasteiger partial charge is 0.251 e. The second-order valence-corrected chi connectivity index (χ2v) is 7.36. The monoisotopic (exact) mass is 427 g/mol. The molecule has 4 rings (SSSR count). The molecule has 0 saturated heterocycles. The molecule has 0 aliphatic heterocycles. The minimum atomic E-state index is -0.275. The van der Waals surface area contributed by atoms with E-state index < -0.39 is 0 Å². The number of imidazole rings is 1. The first-order valence-electron chi connectivity index (χ1n) is 8.98. The third-order valence-corrected chi connectivity index (χ3v) is 5.19. The summed E-state index contributed by atoms with van der Waals surface area (Å²) in [7, 11) is 0. The minimum absolute atomic E-state index is 0.194. The van der Waals surface area contributed by atoms with Gasteiger partial charge in [-0.3, -0.25) is 4.79 Å². The highest BCUT2D eigenvalue weighted by Gasteiger charge is 2.14. The Labute approximate surface area is 176 Å². The molecule has 1 aromatic heterocycles. The van der Waals surface area contributed by atoms with E-state index in [-0.39, 0.29) is 11.7 Å². The van der Waals surface area contributed by atoms with Crippen molar-refractivity contribution in [3.8, 4) is 11.4 Å². The van der Waals surface area contributed by atoms with Gasteiger partial charge in [0.15, 0.2) is 0 Å². The highest BCUT2D eigenvalue weighted by Crippen LogP contribution is 2.33. The molecule has 0 atom stereocenters. The highest BCUT2D eigenvalue weighted by molar-refractivity contribution is 6.39. The van der Waals surface area contributed by atoms with Crippen LogP contribution in [0.25, 0.3) is 22.4 Å². The maximum atomic E-state index is 12.9. The lowest BCUT2D eigenvalue weighted by Gasteiger charge is -2.05. The summed E-state index contributed by atoms with van der Waals surface area (Å²) in [5, 5.41) is 3.87. The van der Waals surface area contributed by atoms with Crippen LogP contribution in [-0.4, -0.2) is 22.4 Å². The number of nitrogens with zero attached hydrogens (tertiary/aromatic N) is 1. The van der Waals surface area contributed by atoms with Crippen LogP contribution in [0.5, 0.6) is 0 Å². The summed E-state index contributed by atoms with van der Waals surface area (Å²) in [4.78, 5) is 20.2. The van der Waals surface area contributed by atoms with Gasteiger partial charge in [0.05, 0.1) is 26.6 Å². The molecule has 7 heteroatoms. The molecular weight excluding hydrogens is 412 g/mol. The third kappa shape index (κ3) is 4.26. The van der Waals surface area contributed by atoms with Crippen molar-refractivity contribution in [1.82, 2.24) is 15.3 Å². The number of rotatable bonds is 5. The quantitative estimate of drug-likeness (QED) is 0.432. The number of benzene rings is 3. The van der Waals surface area contributed by atoms with Crippen LogP contribution in [0.1, 0.15) is 15.9 Å². The van der Waals surface area contributed by atoms with Crippen molar-refractivity contribution in [2.45, 2.75) is 6.42 Å². The number of hydrogen-bond donors (Lipinski definition) is 2. The van der Waals surface area contributed by atoms with Crippen molar-refractivity contribution in [3.05, 3.63) is 87.7 Å². The van der Waals surface area contributed by atoms with Crippen LogP contribution in [0.3, 0.4) is 0 Å². The zero-order valence-corrected chi connectivity index (χ0v) is 16.7. The van der Waals surface area contributed by atoms with Crippen molar-refractivity contribution in [2.75, 3.05) is 6.54 Å². The third-order valence-electron chi connectivity index (χ3n) is 4.56. The molecule has 4 nitrogen and oxygen atoms in total. The topological polar surface area (TPSA) is 57.8 Å². The lowest BCUT2D eigenvalue weighted by Crippen LogP contribution is -2.25. The van der Waals surface area contributed by atoms with Gasteiger partial charge in [-0.2, -0.15) is 0 Å². The van der Waals surface area contributed by atoms with Gasteiger partial charge < -0.3 is 10.3 Å². The van der Waals surface area contributed by atoms with E-state index in [1.165, 1.54) is 12.1 Å². The SMILES string of the molecule is O=C(NCCc1ccc(F)cc1)c1ccc2nc(-c3c(Cl)cccc3Cl)[nH]c2c1. The van der Waals surface area contributed by atoms with Crippen molar-refractivity contribution in [2.24, 2.45) is 0 Å². The van der Waals surface area contributed by atoms with Gasteiger partial charge >= 0.3 is 0 Å². The maximum absolute atomic E-state index is 12.9.